The summed E-state index contributed by atoms with van der Waals surface area (Å²) in [5.41, 5.74) is 0.288. The maximum absolute atomic E-state index is 11.2. The number of aromatic nitrogens is 1. The number of sulfonamides is 1. The Kier molecular flexibility index (Phi) is 5.65. The molecule has 0 amide bonds. The summed E-state index contributed by atoms with van der Waals surface area (Å²) in [5.74, 6) is 1.54. The Bertz CT molecular complexity index is 613. The number of nitrogens with two attached hydrogens (primary N) is 1. The molecule has 2 rings (SSSR count). The monoisotopic (exact) mass is 340 g/mol. The average Bonchev–Trinajstić information content (AvgIpc) is 2.82. The number of anilines is 1. The second kappa shape index (κ2) is 7.15. The number of rotatable bonds is 7. The predicted octanol–water partition coefficient (Wildman–Crippen LogP) is 1.72. The van der Waals surface area contributed by atoms with E-state index in [0.717, 1.165) is 31.2 Å². The largest absolute Gasteiger partial charge is 0.360 e. The highest BCUT2D eigenvalue weighted by Crippen LogP contribution is 2.27. The van der Waals surface area contributed by atoms with Crippen LogP contribution in [0.25, 0.3) is 0 Å². The second-order valence-electron chi connectivity index (χ2n) is 7.15. The van der Waals surface area contributed by atoms with E-state index in [4.69, 9.17) is 5.14 Å². The number of hydrogen-bond acceptors (Lipinski definition) is 5. The van der Waals surface area contributed by atoms with E-state index in [-0.39, 0.29) is 10.4 Å². The zero-order valence-electron chi connectivity index (χ0n) is 14.2. The number of pyridine rings is 1. The van der Waals surface area contributed by atoms with E-state index in [2.05, 4.69) is 24.1 Å². The fraction of sp³-hybridized carbons (Fsp3) is 0.688. The van der Waals surface area contributed by atoms with Crippen LogP contribution in [-0.4, -0.2) is 39.1 Å². The molecule has 1 aromatic heterocycles. The highest BCUT2D eigenvalue weighted by atomic mass is 32.2. The zero-order valence-corrected chi connectivity index (χ0v) is 15.1. The lowest BCUT2D eigenvalue weighted by Crippen LogP contribution is -2.31. The predicted molar refractivity (Wildman–Crippen MR) is 92.9 cm³/mol. The van der Waals surface area contributed by atoms with E-state index in [9.17, 15) is 8.42 Å². The van der Waals surface area contributed by atoms with Gasteiger partial charge in [-0.1, -0.05) is 6.42 Å². The standard InChI is InChI=1S/C16H28N4O2S/c1-16(2)10-13(11-19-16)6-4-5-9-20(3)15-8-7-14(12-18-15)23(17,21)22/h7-8,12-13,19H,4-6,9-11H2,1-3H3,(H2,17,21,22). The molecule has 0 saturated carbocycles. The first-order valence-electron chi connectivity index (χ1n) is 8.12. The van der Waals surface area contributed by atoms with Crippen molar-refractivity contribution in [3.8, 4) is 0 Å². The summed E-state index contributed by atoms with van der Waals surface area (Å²) in [6.45, 7) is 6.56. The molecule has 0 aliphatic carbocycles. The van der Waals surface area contributed by atoms with Crippen molar-refractivity contribution in [3.05, 3.63) is 18.3 Å². The maximum atomic E-state index is 11.2. The molecular weight excluding hydrogens is 312 g/mol. The Hall–Kier alpha value is -1.18. The summed E-state index contributed by atoms with van der Waals surface area (Å²) >= 11 is 0. The molecule has 7 heteroatoms. The lowest BCUT2D eigenvalue weighted by molar-refractivity contribution is 0.426. The first-order valence-corrected chi connectivity index (χ1v) is 9.67. The third kappa shape index (κ3) is 5.44. The normalized spacial score (nSPS) is 20.6. The third-order valence-electron chi connectivity index (χ3n) is 4.46. The van der Waals surface area contributed by atoms with Gasteiger partial charge >= 0.3 is 0 Å². The van der Waals surface area contributed by atoms with Crippen molar-refractivity contribution < 1.29 is 8.42 Å². The van der Waals surface area contributed by atoms with Crippen LogP contribution in [0, 0.1) is 5.92 Å². The van der Waals surface area contributed by atoms with Crippen LogP contribution in [-0.2, 0) is 10.0 Å². The van der Waals surface area contributed by atoms with Crippen molar-refractivity contribution in [3.63, 3.8) is 0 Å². The first-order chi connectivity index (χ1) is 10.7. The topological polar surface area (TPSA) is 88.3 Å². The van der Waals surface area contributed by atoms with Gasteiger partial charge in [0.25, 0.3) is 0 Å². The van der Waals surface area contributed by atoms with E-state index in [1.807, 2.05) is 11.9 Å². The van der Waals surface area contributed by atoms with Gasteiger partial charge in [-0.3, -0.25) is 0 Å². The van der Waals surface area contributed by atoms with Gasteiger partial charge in [0.15, 0.2) is 0 Å². The Morgan fingerprint density at radius 2 is 2.13 bits per heavy atom. The molecule has 0 aromatic carbocycles. The molecule has 1 fully saturated rings. The van der Waals surface area contributed by atoms with Crippen LogP contribution >= 0.6 is 0 Å². The van der Waals surface area contributed by atoms with E-state index in [0.29, 0.717) is 0 Å². The van der Waals surface area contributed by atoms with Crippen molar-refractivity contribution in [2.45, 2.75) is 50.0 Å². The minimum Gasteiger partial charge on any atom is -0.360 e. The molecule has 0 spiro atoms. The Labute approximate surface area is 139 Å². The molecule has 2 heterocycles. The number of nitrogens with zero attached hydrogens (tertiary/aromatic N) is 2. The van der Waals surface area contributed by atoms with Crippen molar-refractivity contribution in [2.24, 2.45) is 11.1 Å². The van der Waals surface area contributed by atoms with Crippen molar-refractivity contribution in [1.82, 2.24) is 10.3 Å². The summed E-state index contributed by atoms with van der Waals surface area (Å²) in [4.78, 5) is 6.27. The van der Waals surface area contributed by atoms with Gasteiger partial charge in [0, 0.05) is 25.3 Å². The molecule has 0 radical (unpaired) electrons. The molecule has 0 bridgehead atoms. The smallest absolute Gasteiger partial charge is 0.239 e. The highest BCUT2D eigenvalue weighted by Gasteiger charge is 2.29. The summed E-state index contributed by atoms with van der Waals surface area (Å²) in [7, 11) is -1.70. The van der Waals surface area contributed by atoms with Crippen LogP contribution in [0.15, 0.2) is 23.2 Å². The summed E-state index contributed by atoms with van der Waals surface area (Å²) in [5, 5.41) is 8.63. The van der Waals surface area contributed by atoms with E-state index < -0.39 is 10.0 Å². The van der Waals surface area contributed by atoms with Crippen LogP contribution in [0.4, 0.5) is 5.82 Å². The number of hydrogen-bond donors (Lipinski definition) is 2. The lowest BCUT2D eigenvalue weighted by Gasteiger charge is -2.19. The quantitative estimate of drug-likeness (QED) is 0.738. The van der Waals surface area contributed by atoms with E-state index in [1.165, 1.54) is 31.5 Å². The number of nitrogens with one attached hydrogen (secondary N) is 1. The molecule has 1 aliphatic heterocycles. The number of primary sulfonamides is 1. The van der Waals surface area contributed by atoms with Crippen LogP contribution < -0.4 is 15.4 Å². The maximum Gasteiger partial charge on any atom is 0.239 e. The van der Waals surface area contributed by atoms with Crippen molar-refractivity contribution in [1.29, 1.82) is 0 Å². The van der Waals surface area contributed by atoms with Gasteiger partial charge in [-0.15, -0.1) is 0 Å². The summed E-state index contributed by atoms with van der Waals surface area (Å²) < 4.78 is 22.4. The fourth-order valence-electron chi connectivity index (χ4n) is 3.15. The molecule has 1 saturated heterocycles. The third-order valence-corrected chi connectivity index (χ3v) is 5.36. The molecule has 1 aliphatic rings. The summed E-state index contributed by atoms with van der Waals surface area (Å²) in [6, 6.07) is 3.20. The van der Waals surface area contributed by atoms with Crippen molar-refractivity contribution >= 4 is 15.8 Å². The molecule has 23 heavy (non-hydrogen) atoms. The van der Waals surface area contributed by atoms with Crippen LogP contribution in [0.5, 0.6) is 0 Å². The molecule has 1 aromatic rings. The van der Waals surface area contributed by atoms with Gasteiger partial charge < -0.3 is 10.2 Å². The molecule has 1 unspecified atom stereocenters. The molecule has 3 N–H and O–H groups in total. The van der Waals surface area contributed by atoms with Gasteiger partial charge in [-0.2, -0.15) is 0 Å². The Morgan fingerprint density at radius 3 is 2.65 bits per heavy atom. The van der Waals surface area contributed by atoms with Crippen LogP contribution in [0.1, 0.15) is 39.5 Å². The van der Waals surface area contributed by atoms with E-state index in [1.54, 1.807) is 6.07 Å². The SMILES string of the molecule is CN(CCCCC1CNC(C)(C)C1)c1ccc(S(N)(=O)=O)cn1. The minimum absolute atomic E-state index is 0.0472. The van der Waals surface area contributed by atoms with Gasteiger partial charge in [0.2, 0.25) is 10.0 Å². The Morgan fingerprint density at radius 1 is 1.39 bits per heavy atom. The first kappa shape index (κ1) is 18.2. The number of unbranched alkanes of at least 4 members (excludes halogenated alkanes) is 1. The van der Waals surface area contributed by atoms with Crippen LogP contribution in [0.2, 0.25) is 0 Å². The fourth-order valence-corrected chi connectivity index (χ4v) is 3.61. The zero-order chi connectivity index (χ0) is 17.1. The van der Waals surface area contributed by atoms with Crippen LogP contribution in [0.3, 0.4) is 0 Å². The Balaban J connectivity index is 1.74. The second-order valence-corrected chi connectivity index (χ2v) is 8.71. The molecular formula is C16H28N4O2S. The van der Waals surface area contributed by atoms with Crippen molar-refractivity contribution in [2.75, 3.05) is 25.0 Å². The summed E-state index contributed by atoms with van der Waals surface area (Å²) in [6.07, 6.45) is 6.11. The van der Waals surface area contributed by atoms with Gasteiger partial charge in [-0.05, 0) is 57.7 Å². The molecule has 6 nitrogen and oxygen atoms in total. The average molecular weight is 340 g/mol. The van der Waals surface area contributed by atoms with Gasteiger partial charge in [-0.25, -0.2) is 18.5 Å². The van der Waals surface area contributed by atoms with Gasteiger partial charge in [0.1, 0.15) is 10.7 Å². The molecule has 1 atom stereocenters. The lowest BCUT2D eigenvalue weighted by atomic mass is 9.93. The minimum atomic E-state index is -3.67. The van der Waals surface area contributed by atoms with E-state index >= 15 is 0 Å². The highest BCUT2D eigenvalue weighted by molar-refractivity contribution is 7.89. The molecule has 130 valence electrons. The van der Waals surface area contributed by atoms with Gasteiger partial charge in [0.05, 0.1) is 0 Å².